The van der Waals surface area contributed by atoms with Crippen LogP contribution < -0.4 is 5.32 Å². The van der Waals surface area contributed by atoms with E-state index in [-0.39, 0.29) is 22.1 Å². The van der Waals surface area contributed by atoms with Crippen molar-refractivity contribution in [2.75, 3.05) is 12.9 Å². The first kappa shape index (κ1) is 17.5. The van der Waals surface area contributed by atoms with Gasteiger partial charge in [0, 0.05) is 11.8 Å². The van der Waals surface area contributed by atoms with Gasteiger partial charge in [-0.2, -0.15) is 0 Å². The second kappa shape index (κ2) is 6.91. The molecular formula is C13H16ClNO5S. The van der Waals surface area contributed by atoms with E-state index in [1.54, 1.807) is 6.92 Å². The largest absolute Gasteiger partial charge is 0.464 e. The van der Waals surface area contributed by atoms with E-state index in [4.69, 9.17) is 16.3 Å². The third-order valence-corrected chi connectivity index (χ3v) is 4.16. The van der Waals surface area contributed by atoms with E-state index in [1.165, 1.54) is 25.1 Å². The van der Waals surface area contributed by atoms with E-state index in [0.29, 0.717) is 0 Å². The number of rotatable bonds is 5. The summed E-state index contributed by atoms with van der Waals surface area (Å²) in [6, 6.07) is 3.03. The minimum atomic E-state index is -3.55. The van der Waals surface area contributed by atoms with Crippen molar-refractivity contribution in [3.05, 3.63) is 28.8 Å². The van der Waals surface area contributed by atoms with Crippen molar-refractivity contribution in [3.63, 3.8) is 0 Å². The van der Waals surface area contributed by atoms with Gasteiger partial charge in [-0.25, -0.2) is 13.2 Å². The molecule has 0 heterocycles. The Morgan fingerprint density at radius 3 is 2.52 bits per heavy atom. The van der Waals surface area contributed by atoms with Gasteiger partial charge in [0.1, 0.15) is 6.04 Å². The highest BCUT2D eigenvalue weighted by atomic mass is 35.5. The Morgan fingerprint density at radius 2 is 2.00 bits per heavy atom. The number of carbonyl (C=O) groups is 2. The predicted molar refractivity (Wildman–Crippen MR) is 78.1 cm³/mol. The first-order valence-electron chi connectivity index (χ1n) is 6.14. The molecule has 0 radical (unpaired) electrons. The first-order valence-corrected chi connectivity index (χ1v) is 8.40. The summed E-state index contributed by atoms with van der Waals surface area (Å²) in [5.41, 5.74) is 0.0935. The highest BCUT2D eigenvalue weighted by Crippen LogP contribution is 2.22. The fourth-order valence-corrected chi connectivity index (χ4v) is 2.84. The minimum absolute atomic E-state index is 0.0347. The zero-order chi connectivity index (χ0) is 16.2. The van der Waals surface area contributed by atoms with Crippen LogP contribution in [0.1, 0.15) is 24.2 Å². The molecule has 0 aromatic heterocycles. The van der Waals surface area contributed by atoms with Gasteiger partial charge in [0.15, 0.2) is 9.84 Å². The van der Waals surface area contributed by atoms with Crippen LogP contribution in [0, 0.1) is 0 Å². The standard InChI is InChI=1S/C13H16ClNO5S/c1-4-20-13(17)8(2)15-12(16)9-5-6-10(14)11(7-9)21(3,18)19/h5-8H,4H2,1-3H3,(H,15,16). The summed E-state index contributed by atoms with van der Waals surface area (Å²) in [7, 11) is -3.55. The Morgan fingerprint density at radius 1 is 1.38 bits per heavy atom. The van der Waals surface area contributed by atoms with Crippen molar-refractivity contribution in [1.29, 1.82) is 0 Å². The van der Waals surface area contributed by atoms with Crippen molar-refractivity contribution in [2.45, 2.75) is 24.8 Å². The molecule has 1 rings (SSSR count). The molecule has 0 bridgehead atoms. The molecule has 0 fully saturated rings. The van der Waals surface area contributed by atoms with E-state index >= 15 is 0 Å². The monoisotopic (exact) mass is 333 g/mol. The van der Waals surface area contributed by atoms with E-state index in [9.17, 15) is 18.0 Å². The summed E-state index contributed by atoms with van der Waals surface area (Å²) in [5, 5.41) is 2.46. The highest BCUT2D eigenvalue weighted by molar-refractivity contribution is 7.90. The third-order valence-electron chi connectivity index (χ3n) is 2.58. The minimum Gasteiger partial charge on any atom is -0.464 e. The van der Waals surface area contributed by atoms with Crippen LogP contribution in [-0.2, 0) is 19.4 Å². The van der Waals surface area contributed by atoms with Gasteiger partial charge >= 0.3 is 5.97 Å². The van der Waals surface area contributed by atoms with Crippen LogP contribution in [0.4, 0.5) is 0 Å². The molecule has 1 aromatic rings. The number of benzene rings is 1. The molecule has 6 nitrogen and oxygen atoms in total. The molecule has 0 saturated carbocycles. The smallest absolute Gasteiger partial charge is 0.328 e. The zero-order valence-electron chi connectivity index (χ0n) is 11.8. The van der Waals surface area contributed by atoms with E-state index in [1.807, 2.05) is 0 Å². The van der Waals surface area contributed by atoms with Gasteiger partial charge in [0.25, 0.3) is 5.91 Å². The Kier molecular flexibility index (Phi) is 5.74. The van der Waals surface area contributed by atoms with Crippen LogP contribution >= 0.6 is 11.6 Å². The van der Waals surface area contributed by atoms with Gasteiger partial charge in [-0.15, -0.1) is 0 Å². The number of esters is 1. The van der Waals surface area contributed by atoms with Gasteiger partial charge in [-0.3, -0.25) is 4.79 Å². The molecule has 0 aliphatic heterocycles. The lowest BCUT2D eigenvalue weighted by atomic mass is 10.2. The molecule has 1 N–H and O–H groups in total. The first-order chi connectivity index (χ1) is 9.66. The highest BCUT2D eigenvalue weighted by Gasteiger charge is 2.20. The summed E-state index contributed by atoms with van der Waals surface area (Å²) < 4.78 is 27.9. The maximum atomic E-state index is 12.0. The van der Waals surface area contributed by atoms with Gasteiger partial charge in [0.2, 0.25) is 0 Å². The van der Waals surface area contributed by atoms with Crippen molar-refractivity contribution >= 4 is 33.3 Å². The molecule has 8 heteroatoms. The fraction of sp³-hybridized carbons (Fsp3) is 0.385. The van der Waals surface area contributed by atoms with E-state index < -0.39 is 27.8 Å². The zero-order valence-corrected chi connectivity index (χ0v) is 13.4. The van der Waals surface area contributed by atoms with Crippen molar-refractivity contribution in [3.8, 4) is 0 Å². The molecule has 116 valence electrons. The molecule has 0 aliphatic rings. The van der Waals surface area contributed by atoms with Crippen LogP contribution in [0.25, 0.3) is 0 Å². The predicted octanol–water partition coefficient (Wildman–Crippen LogP) is 1.42. The number of halogens is 1. The lowest BCUT2D eigenvalue weighted by Gasteiger charge is -2.13. The lowest BCUT2D eigenvalue weighted by Crippen LogP contribution is -2.39. The Bertz CT molecular complexity index is 657. The average molecular weight is 334 g/mol. The van der Waals surface area contributed by atoms with Crippen LogP contribution in [-0.4, -0.2) is 39.2 Å². The number of nitrogens with one attached hydrogen (secondary N) is 1. The maximum absolute atomic E-state index is 12.0. The van der Waals surface area contributed by atoms with Gasteiger partial charge < -0.3 is 10.1 Å². The van der Waals surface area contributed by atoms with E-state index in [2.05, 4.69) is 5.32 Å². The molecular weight excluding hydrogens is 318 g/mol. The summed E-state index contributed by atoms with van der Waals surface area (Å²) in [4.78, 5) is 23.3. The van der Waals surface area contributed by atoms with Crippen LogP contribution in [0.5, 0.6) is 0 Å². The quantitative estimate of drug-likeness (QED) is 0.823. The maximum Gasteiger partial charge on any atom is 0.328 e. The Balaban J connectivity index is 2.97. The summed E-state index contributed by atoms with van der Waals surface area (Å²) in [5.74, 6) is -1.15. The van der Waals surface area contributed by atoms with Gasteiger partial charge in [-0.05, 0) is 32.0 Å². The number of hydrogen-bond acceptors (Lipinski definition) is 5. The van der Waals surface area contributed by atoms with Crippen LogP contribution in [0.15, 0.2) is 23.1 Å². The number of ether oxygens (including phenoxy) is 1. The van der Waals surface area contributed by atoms with Crippen molar-refractivity contribution < 1.29 is 22.7 Å². The summed E-state index contributed by atoms with van der Waals surface area (Å²) in [6.07, 6.45) is 0.997. The van der Waals surface area contributed by atoms with Crippen molar-refractivity contribution in [1.82, 2.24) is 5.32 Å². The SMILES string of the molecule is CCOC(=O)C(C)NC(=O)c1ccc(Cl)c(S(C)(=O)=O)c1. The molecule has 0 saturated heterocycles. The van der Waals surface area contributed by atoms with Gasteiger partial charge in [0.05, 0.1) is 16.5 Å². The number of amides is 1. The Hall–Kier alpha value is -1.60. The molecule has 1 amide bonds. The number of hydrogen-bond donors (Lipinski definition) is 1. The van der Waals surface area contributed by atoms with Gasteiger partial charge in [-0.1, -0.05) is 11.6 Å². The average Bonchev–Trinajstić information content (AvgIpc) is 2.37. The Labute approximate surface area is 128 Å². The topological polar surface area (TPSA) is 89.5 Å². The lowest BCUT2D eigenvalue weighted by molar-refractivity contribution is -0.144. The molecule has 21 heavy (non-hydrogen) atoms. The molecule has 1 atom stereocenters. The van der Waals surface area contributed by atoms with Crippen LogP contribution in [0.3, 0.4) is 0 Å². The molecule has 0 spiro atoms. The normalized spacial score (nSPS) is 12.6. The summed E-state index contributed by atoms with van der Waals surface area (Å²) in [6.45, 7) is 3.34. The molecule has 0 aliphatic carbocycles. The third kappa shape index (κ3) is 4.71. The van der Waals surface area contributed by atoms with Crippen molar-refractivity contribution in [2.24, 2.45) is 0 Å². The molecule has 1 unspecified atom stereocenters. The number of carbonyl (C=O) groups excluding carboxylic acids is 2. The summed E-state index contributed by atoms with van der Waals surface area (Å²) >= 11 is 5.80. The fourth-order valence-electron chi connectivity index (χ4n) is 1.53. The second-order valence-corrected chi connectivity index (χ2v) is 6.76. The van der Waals surface area contributed by atoms with E-state index in [0.717, 1.165) is 6.26 Å². The second-order valence-electron chi connectivity index (χ2n) is 4.36. The number of sulfone groups is 1. The van der Waals surface area contributed by atoms with Crippen LogP contribution in [0.2, 0.25) is 5.02 Å². The molecule has 1 aromatic carbocycles.